The van der Waals surface area contributed by atoms with Crippen molar-refractivity contribution >= 4 is 22.5 Å². The molecule has 0 radical (unpaired) electrons. The Kier molecular flexibility index (Phi) is 3.74. The van der Waals surface area contributed by atoms with Gasteiger partial charge in [0.25, 0.3) is 5.56 Å². The van der Waals surface area contributed by atoms with Crippen molar-refractivity contribution in [3.05, 3.63) is 34.9 Å². The Hall–Kier alpha value is -2.37. The van der Waals surface area contributed by atoms with Crippen molar-refractivity contribution in [3.63, 3.8) is 0 Å². The largest absolute Gasteiger partial charge is 0.399 e. The Morgan fingerprint density at radius 2 is 2.15 bits per heavy atom. The van der Waals surface area contributed by atoms with Crippen LogP contribution in [0, 0.1) is 0 Å². The molecular weight excluding hydrogens is 256 g/mol. The molecule has 106 valence electrons. The summed E-state index contributed by atoms with van der Waals surface area (Å²) in [5.74, 6) is -0.132. The minimum absolute atomic E-state index is 0.0226. The van der Waals surface area contributed by atoms with E-state index in [0.29, 0.717) is 16.6 Å². The van der Waals surface area contributed by atoms with Gasteiger partial charge in [0.2, 0.25) is 5.91 Å². The molecule has 0 unspecified atom stereocenters. The first-order valence-electron chi connectivity index (χ1n) is 6.40. The molecular formula is C14H18N4O2. The fraction of sp³-hybridized carbons (Fsp3) is 0.357. The summed E-state index contributed by atoms with van der Waals surface area (Å²) in [5, 5.41) is 0.424. The lowest BCUT2D eigenvalue weighted by Gasteiger charge is -2.21. The number of carbonyl (C=O) groups excluding carboxylic acids is 1. The average molecular weight is 274 g/mol. The van der Waals surface area contributed by atoms with Crippen molar-refractivity contribution < 1.29 is 4.79 Å². The zero-order chi connectivity index (χ0) is 14.9. The molecule has 2 N–H and O–H groups in total. The van der Waals surface area contributed by atoms with E-state index in [9.17, 15) is 9.59 Å². The quantitative estimate of drug-likeness (QED) is 0.841. The van der Waals surface area contributed by atoms with E-state index in [-0.39, 0.29) is 24.1 Å². The number of hydrogen-bond acceptors (Lipinski definition) is 4. The number of nitrogens with two attached hydrogens (primary N) is 1. The molecule has 2 aromatic rings. The van der Waals surface area contributed by atoms with Crippen LogP contribution < -0.4 is 11.3 Å². The Bertz CT molecular complexity index is 706. The second kappa shape index (κ2) is 5.32. The van der Waals surface area contributed by atoms with Gasteiger partial charge in [-0.2, -0.15) is 0 Å². The summed E-state index contributed by atoms with van der Waals surface area (Å²) in [7, 11) is 1.71. The topological polar surface area (TPSA) is 81.2 Å². The molecule has 0 aliphatic rings. The number of carbonyl (C=O) groups is 1. The maximum absolute atomic E-state index is 12.3. The second-order valence-corrected chi connectivity index (χ2v) is 5.05. The number of rotatable bonds is 3. The lowest BCUT2D eigenvalue weighted by molar-refractivity contribution is -0.132. The van der Waals surface area contributed by atoms with E-state index in [1.54, 1.807) is 30.1 Å². The van der Waals surface area contributed by atoms with E-state index in [4.69, 9.17) is 5.73 Å². The zero-order valence-electron chi connectivity index (χ0n) is 11.8. The average Bonchev–Trinajstić information content (AvgIpc) is 2.41. The molecule has 0 spiro atoms. The number of anilines is 1. The summed E-state index contributed by atoms with van der Waals surface area (Å²) in [6, 6.07) is 5.05. The van der Waals surface area contributed by atoms with Crippen LogP contribution in [0.15, 0.2) is 29.3 Å². The van der Waals surface area contributed by atoms with Gasteiger partial charge in [-0.15, -0.1) is 0 Å². The minimum Gasteiger partial charge on any atom is -0.399 e. The summed E-state index contributed by atoms with van der Waals surface area (Å²) >= 11 is 0. The van der Waals surface area contributed by atoms with E-state index < -0.39 is 0 Å². The Morgan fingerprint density at radius 1 is 1.45 bits per heavy atom. The van der Waals surface area contributed by atoms with E-state index >= 15 is 0 Å². The van der Waals surface area contributed by atoms with Crippen LogP contribution in [-0.2, 0) is 11.3 Å². The predicted octanol–water partition coefficient (Wildman–Crippen LogP) is 0.845. The number of amides is 1. The van der Waals surface area contributed by atoms with Crippen molar-refractivity contribution in [2.45, 2.75) is 26.4 Å². The van der Waals surface area contributed by atoms with Gasteiger partial charge in [-0.3, -0.25) is 14.2 Å². The van der Waals surface area contributed by atoms with E-state index in [1.807, 2.05) is 13.8 Å². The standard InChI is InChI=1S/C14H18N4O2/c1-9(2)17(3)13(19)7-18-8-16-12-5-4-10(15)6-11(12)14(18)20/h4-6,8-9H,7,15H2,1-3H3. The number of fused-ring (bicyclic) bond motifs is 1. The molecule has 0 aliphatic carbocycles. The van der Waals surface area contributed by atoms with Gasteiger partial charge >= 0.3 is 0 Å². The molecule has 6 heteroatoms. The summed E-state index contributed by atoms with van der Waals surface area (Å²) in [5.41, 5.74) is 6.50. The van der Waals surface area contributed by atoms with Crippen LogP contribution in [0.2, 0.25) is 0 Å². The molecule has 0 aliphatic heterocycles. The van der Waals surface area contributed by atoms with E-state index in [1.165, 1.54) is 10.9 Å². The maximum atomic E-state index is 12.3. The number of aromatic nitrogens is 2. The Morgan fingerprint density at radius 3 is 2.80 bits per heavy atom. The van der Waals surface area contributed by atoms with Crippen LogP contribution in [0.5, 0.6) is 0 Å². The SMILES string of the molecule is CC(C)N(C)C(=O)Cn1cnc2ccc(N)cc2c1=O. The van der Waals surface area contributed by atoms with Crippen molar-refractivity contribution in [3.8, 4) is 0 Å². The lowest BCUT2D eigenvalue weighted by Crippen LogP contribution is -2.37. The van der Waals surface area contributed by atoms with Crippen LogP contribution in [0.4, 0.5) is 5.69 Å². The first-order chi connectivity index (χ1) is 9.40. The van der Waals surface area contributed by atoms with E-state index in [0.717, 1.165) is 0 Å². The second-order valence-electron chi connectivity index (χ2n) is 5.05. The summed E-state index contributed by atoms with van der Waals surface area (Å²) in [4.78, 5) is 30.1. The maximum Gasteiger partial charge on any atom is 0.261 e. The highest BCUT2D eigenvalue weighted by molar-refractivity contribution is 5.81. The molecule has 1 aromatic heterocycles. The number of nitrogen functional groups attached to an aromatic ring is 1. The van der Waals surface area contributed by atoms with Crippen molar-refractivity contribution in [2.24, 2.45) is 0 Å². The zero-order valence-corrected chi connectivity index (χ0v) is 11.8. The Labute approximate surface area is 116 Å². The molecule has 1 aromatic carbocycles. The van der Waals surface area contributed by atoms with Gasteiger partial charge < -0.3 is 10.6 Å². The van der Waals surface area contributed by atoms with Crippen LogP contribution in [0.1, 0.15) is 13.8 Å². The van der Waals surface area contributed by atoms with Crippen LogP contribution in [0.25, 0.3) is 10.9 Å². The third kappa shape index (κ3) is 2.64. The first-order valence-corrected chi connectivity index (χ1v) is 6.40. The first kappa shape index (κ1) is 14.0. The predicted molar refractivity (Wildman–Crippen MR) is 78.3 cm³/mol. The normalized spacial score (nSPS) is 11.0. The highest BCUT2D eigenvalue weighted by Gasteiger charge is 2.14. The highest BCUT2D eigenvalue weighted by atomic mass is 16.2. The van der Waals surface area contributed by atoms with Crippen LogP contribution in [-0.4, -0.2) is 33.4 Å². The minimum atomic E-state index is -0.257. The third-order valence-electron chi connectivity index (χ3n) is 3.32. The van der Waals surface area contributed by atoms with Gasteiger partial charge in [-0.1, -0.05) is 0 Å². The van der Waals surface area contributed by atoms with Gasteiger partial charge in [0.15, 0.2) is 0 Å². The molecule has 0 atom stereocenters. The molecule has 0 bridgehead atoms. The van der Waals surface area contributed by atoms with Crippen LogP contribution in [0.3, 0.4) is 0 Å². The smallest absolute Gasteiger partial charge is 0.261 e. The molecule has 0 saturated carbocycles. The van der Waals surface area contributed by atoms with Crippen molar-refractivity contribution in [1.29, 1.82) is 0 Å². The molecule has 6 nitrogen and oxygen atoms in total. The number of likely N-dealkylation sites (N-methyl/N-ethyl adjacent to an activating group) is 1. The monoisotopic (exact) mass is 274 g/mol. The molecule has 20 heavy (non-hydrogen) atoms. The third-order valence-corrected chi connectivity index (χ3v) is 3.32. The molecule has 2 rings (SSSR count). The fourth-order valence-corrected chi connectivity index (χ4v) is 1.83. The number of nitrogens with zero attached hydrogens (tertiary/aromatic N) is 3. The van der Waals surface area contributed by atoms with Crippen LogP contribution >= 0.6 is 0 Å². The van der Waals surface area contributed by atoms with Crippen molar-refractivity contribution in [1.82, 2.24) is 14.5 Å². The van der Waals surface area contributed by atoms with Gasteiger partial charge in [-0.25, -0.2) is 4.98 Å². The number of benzene rings is 1. The summed E-state index contributed by atoms with van der Waals surface area (Å²) in [6.07, 6.45) is 1.40. The van der Waals surface area contributed by atoms with E-state index in [2.05, 4.69) is 4.98 Å². The van der Waals surface area contributed by atoms with Gasteiger partial charge in [-0.05, 0) is 32.0 Å². The van der Waals surface area contributed by atoms with Crippen molar-refractivity contribution in [2.75, 3.05) is 12.8 Å². The molecule has 1 heterocycles. The van der Waals surface area contributed by atoms with Gasteiger partial charge in [0.1, 0.15) is 6.54 Å². The fourth-order valence-electron chi connectivity index (χ4n) is 1.83. The molecule has 0 fully saturated rings. The van der Waals surface area contributed by atoms with Gasteiger partial charge in [0, 0.05) is 18.8 Å². The summed E-state index contributed by atoms with van der Waals surface area (Å²) in [6.45, 7) is 3.81. The Balaban J connectivity index is 2.39. The van der Waals surface area contributed by atoms with Gasteiger partial charge in [0.05, 0.1) is 17.2 Å². The summed E-state index contributed by atoms with van der Waals surface area (Å²) < 4.78 is 1.31. The highest BCUT2D eigenvalue weighted by Crippen LogP contribution is 2.11. The molecule has 1 amide bonds. The molecule has 0 saturated heterocycles. The lowest BCUT2D eigenvalue weighted by atomic mass is 10.2. The number of hydrogen-bond donors (Lipinski definition) is 1.